The van der Waals surface area contributed by atoms with Gasteiger partial charge in [-0.3, -0.25) is 19.7 Å². The number of nitrogens with zero attached hydrogens (tertiary/aromatic N) is 3. The quantitative estimate of drug-likeness (QED) is 0.626. The van der Waals surface area contributed by atoms with Crippen molar-refractivity contribution in [3.8, 4) is 0 Å². The molecule has 0 aromatic heterocycles. The molecule has 1 aliphatic rings. The van der Waals surface area contributed by atoms with Gasteiger partial charge in [-0.25, -0.2) is 0 Å². The molecule has 1 heterocycles. The number of hydrogen-bond donors (Lipinski definition) is 1. The summed E-state index contributed by atoms with van der Waals surface area (Å²) >= 11 is 6.40. The second-order valence-electron chi connectivity index (χ2n) is 6.39. The highest BCUT2D eigenvalue weighted by Gasteiger charge is 2.23. The van der Waals surface area contributed by atoms with Crippen LogP contribution < -0.4 is 10.2 Å². The fourth-order valence-electron chi connectivity index (χ4n) is 3.14. The van der Waals surface area contributed by atoms with Crippen LogP contribution in [0, 0.1) is 10.1 Å². The van der Waals surface area contributed by atoms with E-state index in [1.807, 2.05) is 4.90 Å². The van der Waals surface area contributed by atoms with E-state index in [1.165, 1.54) is 31.2 Å². The van der Waals surface area contributed by atoms with Crippen LogP contribution in [-0.4, -0.2) is 47.8 Å². The molecule has 8 nitrogen and oxygen atoms in total. The van der Waals surface area contributed by atoms with E-state index >= 15 is 0 Å². The number of piperazine rings is 1. The number of carbonyl (C=O) groups is 2. The first kappa shape index (κ1) is 19.6. The maximum Gasteiger partial charge on any atom is 0.270 e. The number of para-hydroxylation sites is 1. The van der Waals surface area contributed by atoms with Crippen molar-refractivity contribution in [2.45, 2.75) is 6.92 Å². The van der Waals surface area contributed by atoms with Gasteiger partial charge in [-0.2, -0.15) is 0 Å². The van der Waals surface area contributed by atoms with Crippen LogP contribution in [0.25, 0.3) is 0 Å². The van der Waals surface area contributed by atoms with E-state index < -0.39 is 10.8 Å². The molecule has 9 heteroatoms. The summed E-state index contributed by atoms with van der Waals surface area (Å²) in [7, 11) is 0. The second kappa shape index (κ2) is 8.26. The van der Waals surface area contributed by atoms with E-state index in [-0.39, 0.29) is 17.2 Å². The lowest BCUT2D eigenvalue weighted by Crippen LogP contribution is -2.48. The number of halogens is 1. The van der Waals surface area contributed by atoms with Gasteiger partial charge in [-0.05, 0) is 18.2 Å². The zero-order valence-electron chi connectivity index (χ0n) is 15.2. The average Bonchev–Trinajstić information content (AvgIpc) is 2.68. The maximum absolute atomic E-state index is 12.6. The number of non-ortho nitro benzene ring substituents is 1. The average molecular weight is 403 g/mol. The highest BCUT2D eigenvalue weighted by molar-refractivity contribution is 6.34. The van der Waals surface area contributed by atoms with Crippen molar-refractivity contribution >= 4 is 40.5 Å². The van der Waals surface area contributed by atoms with Crippen molar-refractivity contribution in [2.24, 2.45) is 0 Å². The molecule has 0 unspecified atom stereocenters. The monoisotopic (exact) mass is 402 g/mol. The van der Waals surface area contributed by atoms with Gasteiger partial charge in [0.15, 0.2) is 0 Å². The van der Waals surface area contributed by atoms with Crippen LogP contribution in [0.2, 0.25) is 5.02 Å². The summed E-state index contributed by atoms with van der Waals surface area (Å²) in [6.45, 7) is 3.85. The van der Waals surface area contributed by atoms with Crippen LogP contribution in [0.15, 0.2) is 42.5 Å². The number of anilines is 2. The molecule has 3 rings (SSSR count). The smallest absolute Gasteiger partial charge is 0.270 e. The largest absolute Gasteiger partial charge is 0.365 e. The van der Waals surface area contributed by atoms with Gasteiger partial charge in [0, 0.05) is 50.8 Å². The van der Waals surface area contributed by atoms with Crippen molar-refractivity contribution in [3.63, 3.8) is 0 Å². The molecule has 1 aliphatic heterocycles. The summed E-state index contributed by atoms with van der Waals surface area (Å²) in [5.41, 5.74) is 1.22. The zero-order valence-corrected chi connectivity index (χ0v) is 16.0. The summed E-state index contributed by atoms with van der Waals surface area (Å²) in [5, 5.41) is 14.2. The first-order valence-electron chi connectivity index (χ1n) is 8.71. The van der Waals surface area contributed by atoms with Gasteiger partial charge >= 0.3 is 0 Å². The Balaban J connectivity index is 1.83. The van der Waals surface area contributed by atoms with Gasteiger partial charge in [0.05, 0.1) is 21.3 Å². The Kier molecular flexibility index (Phi) is 5.79. The van der Waals surface area contributed by atoms with Crippen molar-refractivity contribution in [1.29, 1.82) is 0 Å². The predicted octanol–water partition coefficient (Wildman–Crippen LogP) is 3.17. The third kappa shape index (κ3) is 4.23. The summed E-state index contributed by atoms with van der Waals surface area (Å²) < 4.78 is 0. The van der Waals surface area contributed by atoms with Crippen LogP contribution in [0.3, 0.4) is 0 Å². The fourth-order valence-corrected chi connectivity index (χ4v) is 3.43. The van der Waals surface area contributed by atoms with Gasteiger partial charge in [0.25, 0.3) is 11.6 Å². The van der Waals surface area contributed by atoms with Crippen LogP contribution in [0.1, 0.15) is 17.3 Å². The van der Waals surface area contributed by atoms with E-state index in [0.717, 1.165) is 0 Å². The highest BCUT2D eigenvalue weighted by atomic mass is 35.5. The molecule has 1 saturated heterocycles. The molecule has 28 heavy (non-hydrogen) atoms. The van der Waals surface area contributed by atoms with Gasteiger partial charge in [-0.1, -0.05) is 23.7 Å². The maximum atomic E-state index is 12.6. The van der Waals surface area contributed by atoms with Crippen LogP contribution in [0.4, 0.5) is 17.1 Å². The van der Waals surface area contributed by atoms with Crippen LogP contribution >= 0.6 is 11.6 Å². The van der Waals surface area contributed by atoms with Gasteiger partial charge in [0.1, 0.15) is 0 Å². The number of nitro groups is 1. The lowest BCUT2D eigenvalue weighted by molar-refractivity contribution is -0.384. The van der Waals surface area contributed by atoms with E-state index in [9.17, 15) is 19.7 Å². The predicted molar refractivity (Wildman–Crippen MR) is 107 cm³/mol. The SMILES string of the molecule is CC(=O)N1CCN(c2c(Cl)cccc2NC(=O)c2cccc([N+](=O)[O-])c2)CC1. The van der Waals surface area contributed by atoms with E-state index in [4.69, 9.17) is 11.6 Å². The minimum Gasteiger partial charge on any atom is -0.365 e. The number of benzene rings is 2. The number of hydrogen-bond acceptors (Lipinski definition) is 5. The molecule has 0 atom stereocenters. The van der Waals surface area contributed by atoms with Gasteiger partial charge in [0.2, 0.25) is 5.91 Å². The van der Waals surface area contributed by atoms with Crippen molar-refractivity contribution in [3.05, 3.63) is 63.2 Å². The standard InChI is InChI=1S/C19H19ClN4O4/c1-13(25)22-8-10-23(11-9-22)18-16(20)6-3-7-17(18)21-19(26)14-4-2-5-15(12-14)24(27)28/h2-7,12H,8-11H2,1H3,(H,21,26). The minimum absolute atomic E-state index is 0.0259. The molecule has 0 bridgehead atoms. The summed E-state index contributed by atoms with van der Waals surface area (Å²) in [4.78, 5) is 38.3. The van der Waals surface area contributed by atoms with Crippen LogP contribution in [-0.2, 0) is 4.79 Å². The third-order valence-electron chi connectivity index (χ3n) is 4.60. The molecule has 0 aliphatic carbocycles. The Morgan fingerprint density at radius 1 is 1.11 bits per heavy atom. The van der Waals surface area contributed by atoms with E-state index in [1.54, 1.807) is 23.1 Å². The minimum atomic E-state index is -0.546. The Morgan fingerprint density at radius 3 is 2.43 bits per heavy atom. The highest BCUT2D eigenvalue weighted by Crippen LogP contribution is 2.35. The summed E-state index contributed by atoms with van der Waals surface area (Å²) in [6.07, 6.45) is 0. The Bertz CT molecular complexity index is 926. The number of amides is 2. The third-order valence-corrected chi connectivity index (χ3v) is 4.90. The van der Waals surface area contributed by atoms with Gasteiger partial charge in [-0.15, -0.1) is 0 Å². The summed E-state index contributed by atoms with van der Waals surface area (Å²) in [6, 6.07) is 10.7. The second-order valence-corrected chi connectivity index (χ2v) is 6.80. The molecule has 2 amide bonds. The molecule has 2 aromatic carbocycles. The van der Waals surface area contributed by atoms with Crippen molar-refractivity contribution < 1.29 is 14.5 Å². The fraction of sp³-hybridized carbons (Fsp3) is 0.263. The topological polar surface area (TPSA) is 95.8 Å². The lowest BCUT2D eigenvalue weighted by atomic mass is 10.1. The summed E-state index contributed by atoms with van der Waals surface area (Å²) in [5.74, 6) is -0.437. The Morgan fingerprint density at radius 2 is 1.79 bits per heavy atom. The number of carbonyl (C=O) groups excluding carboxylic acids is 2. The normalized spacial score (nSPS) is 13.9. The molecule has 1 N–H and O–H groups in total. The first-order valence-corrected chi connectivity index (χ1v) is 9.09. The van der Waals surface area contributed by atoms with Gasteiger partial charge < -0.3 is 15.1 Å². The molecular formula is C19H19ClN4O4. The lowest BCUT2D eigenvalue weighted by Gasteiger charge is -2.37. The molecule has 0 radical (unpaired) electrons. The Labute approximate surface area is 166 Å². The molecule has 0 saturated carbocycles. The molecular weight excluding hydrogens is 384 g/mol. The molecule has 1 fully saturated rings. The van der Waals surface area contributed by atoms with Crippen molar-refractivity contribution in [1.82, 2.24) is 4.90 Å². The number of nitrogens with one attached hydrogen (secondary N) is 1. The Hall–Kier alpha value is -3.13. The van der Waals surface area contributed by atoms with E-state index in [0.29, 0.717) is 42.6 Å². The van der Waals surface area contributed by atoms with Crippen LogP contribution in [0.5, 0.6) is 0 Å². The molecule has 146 valence electrons. The zero-order chi connectivity index (χ0) is 20.3. The number of rotatable bonds is 4. The first-order chi connectivity index (χ1) is 13.4. The molecule has 2 aromatic rings. The molecule has 0 spiro atoms. The number of nitro benzene ring substituents is 1. The van der Waals surface area contributed by atoms with E-state index in [2.05, 4.69) is 5.32 Å². The van der Waals surface area contributed by atoms with Crippen molar-refractivity contribution in [2.75, 3.05) is 36.4 Å².